The summed E-state index contributed by atoms with van der Waals surface area (Å²) in [5, 5.41) is 0. The minimum Gasteiger partial charge on any atom is -0.345 e. The Morgan fingerprint density at radius 3 is 2.40 bits per heavy atom. The van der Waals surface area contributed by atoms with Gasteiger partial charge in [0.25, 0.3) is 0 Å². The first-order valence-corrected chi connectivity index (χ1v) is 4.82. The highest BCUT2D eigenvalue weighted by molar-refractivity contribution is 5.96. The minimum atomic E-state index is 0.941. The van der Waals surface area contributed by atoms with Gasteiger partial charge in [0.05, 0.1) is 36.4 Å². The van der Waals surface area contributed by atoms with E-state index in [-0.39, 0.29) is 0 Å². The van der Waals surface area contributed by atoms with Crippen LogP contribution in [0.3, 0.4) is 0 Å². The monoisotopic (exact) mass is 198 g/mol. The molecule has 0 saturated heterocycles. The van der Waals surface area contributed by atoms with Crippen molar-refractivity contribution in [3.8, 4) is 0 Å². The molecule has 2 aromatic rings. The lowest BCUT2D eigenvalue weighted by Gasteiger charge is -2.02. The molecule has 2 heterocycles. The summed E-state index contributed by atoms with van der Waals surface area (Å²) in [7, 11) is 0. The Balaban J connectivity index is 2.11. The van der Waals surface area contributed by atoms with Crippen LogP contribution in [0.1, 0.15) is 17.8 Å². The SMILES string of the molecule is C1=CC(c2cnc[nH]2)=C(c2cnc[nH]2)C1. The van der Waals surface area contributed by atoms with Gasteiger partial charge in [0, 0.05) is 5.57 Å². The molecule has 0 unspecified atom stereocenters. The summed E-state index contributed by atoms with van der Waals surface area (Å²) in [6.45, 7) is 0. The van der Waals surface area contributed by atoms with E-state index in [0.717, 1.165) is 17.8 Å². The van der Waals surface area contributed by atoms with Gasteiger partial charge in [0.1, 0.15) is 0 Å². The molecule has 1 aliphatic carbocycles. The van der Waals surface area contributed by atoms with Crippen molar-refractivity contribution < 1.29 is 0 Å². The summed E-state index contributed by atoms with van der Waals surface area (Å²) in [6, 6.07) is 0. The molecule has 0 spiro atoms. The van der Waals surface area contributed by atoms with Gasteiger partial charge in [-0.1, -0.05) is 12.2 Å². The van der Waals surface area contributed by atoms with Crippen molar-refractivity contribution in [1.29, 1.82) is 0 Å². The average molecular weight is 198 g/mol. The average Bonchev–Trinajstić information content (AvgIpc) is 3.01. The smallest absolute Gasteiger partial charge is 0.0924 e. The molecule has 0 radical (unpaired) electrons. The first-order chi connectivity index (χ1) is 7.45. The van der Waals surface area contributed by atoms with Gasteiger partial charge in [0.15, 0.2) is 0 Å². The number of imidazole rings is 2. The van der Waals surface area contributed by atoms with E-state index in [4.69, 9.17) is 0 Å². The van der Waals surface area contributed by atoms with Crippen molar-refractivity contribution in [2.24, 2.45) is 0 Å². The fourth-order valence-corrected chi connectivity index (χ4v) is 1.84. The Morgan fingerprint density at radius 1 is 1.00 bits per heavy atom. The van der Waals surface area contributed by atoms with Gasteiger partial charge in [-0.05, 0) is 12.0 Å². The van der Waals surface area contributed by atoms with Gasteiger partial charge in [-0.3, -0.25) is 0 Å². The first-order valence-electron chi connectivity index (χ1n) is 4.82. The van der Waals surface area contributed by atoms with E-state index in [1.165, 1.54) is 11.1 Å². The second kappa shape index (κ2) is 3.24. The van der Waals surface area contributed by atoms with E-state index >= 15 is 0 Å². The number of hydrogen-bond acceptors (Lipinski definition) is 2. The molecule has 0 aliphatic heterocycles. The molecule has 0 bridgehead atoms. The second-order valence-corrected chi connectivity index (χ2v) is 3.43. The van der Waals surface area contributed by atoms with Crippen LogP contribution in [-0.4, -0.2) is 19.9 Å². The van der Waals surface area contributed by atoms with E-state index in [0.29, 0.717) is 0 Å². The predicted octanol–water partition coefficient (Wildman–Crippen LogP) is 2.00. The maximum absolute atomic E-state index is 4.04. The van der Waals surface area contributed by atoms with Crippen LogP contribution < -0.4 is 0 Å². The lowest BCUT2D eigenvalue weighted by Crippen LogP contribution is -1.86. The van der Waals surface area contributed by atoms with Gasteiger partial charge in [-0.2, -0.15) is 0 Å². The summed E-state index contributed by atoms with van der Waals surface area (Å²) >= 11 is 0. The fourth-order valence-electron chi connectivity index (χ4n) is 1.84. The topological polar surface area (TPSA) is 57.4 Å². The fraction of sp³-hybridized carbons (Fsp3) is 0.0909. The summed E-state index contributed by atoms with van der Waals surface area (Å²) in [5.74, 6) is 0. The number of hydrogen-bond donors (Lipinski definition) is 2. The van der Waals surface area contributed by atoms with Crippen LogP contribution in [0.15, 0.2) is 37.2 Å². The molecule has 2 N–H and O–H groups in total. The summed E-state index contributed by atoms with van der Waals surface area (Å²) < 4.78 is 0. The Bertz CT molecular complexity index is 503. The van der Waals surface area contributed by atoms with Gasteiger partial charge < -0.3 is 9.97 Å². The van der Waals surface area contributed by atoms with Gasteiger partial charge >= 0.3 is 0 Å². The standard InChI is InChI=1S/C11H10N4/c1-2-8(10-4-12-6-14-10)9(3-1)11-5-13-7-15-11/h1-2,4-7H,3H2,(H,12,14)(H,13,15). The number of aromatic nitrogens is 4. The largest absolute Gasteiger partial charge is 0.345 e. The summed E-state index contributed by atoms with van der Waals surface area (Å²) in [6.07, 6.45) is 12.3. The highest BCUT2D eigenvalue weighted by Gasteiger charge is 2.14. The van der Waals surface area contributed by atoms with Crippen molar-refractivity contribution in [3.05, 3.63) is 48.6 Å². The maximum Gasteiger partial charge on any atom is 0.0924 e. The highest BCUT2D eigenvalue weighted by Crippen LogP contribution is 2.32. The number of nitrogens with one attached hydrogen (secondary N) is 2. The highest BCUT2D eigenvalue weighted by atomic mass is 14.9. The maximum atomic E-state index is 4.04. The third-order valence-electron chi connectivity index (χ3n) is 2.54. The molecule has 0 amide bonds. The van der Waals surface area contributed by atoms with E-state index in [9.17, 15) is 0 Å². The zero-order valence-corrected chi connectivity index (χ0v) is 8.07. The van der Waals surface area contributed by atoms with Gasteiger partial charge in [-0.25, -0.2) is 9.97 Å². The van der Waals surface area contributed by atoms with Gasteiger partial charge in [-0.15, -0.1) is 0 Å². The number of rotatable bonds is 2. The zero-order chi connectivity index (χ0) is 10.1. The van der Waals surface area contributed by atoms with Crippen LogP contribution in [0.4, 0.5) is 0 Å². The molecular weight excluding hydrogens is 188 g/mol. The van der Waals surface area contributed by atoms with Gasteiger partial charge in [0.2, 0.25) is 0 Å². The number of nitrogens with zero attached hydrogens (tertiary/aromatic N) is 2. The molecule has 4 heteroatoms. The lowest BCUT2D eigenvalue weighted by molar-refractivity contribution is 1.28. The molecule has 0 fully saturated rings. The lowest BCUT2D eigenvalue weighted by atomic mass is 10.1. The zero-order valence-electron chi connectivity index (χ0n) is 8.07. The van der Waals surface area contributed by atoms with Crippen LogP contribution in [0.25, 0.3) is 11.1 Å². The number of aromatic amines is 2. The van der Waals surface area contributed by atoms with Crippen molar-refractivity contribution in [2.45, 2.75) is 6.42 Å². The van der Waals surface area contributed by atoms with E-state index in [2.05, 4.69) is 32.1 Å². The van der Waals surface area contributed by atoms with Crippen molar-refractivity contribution in [3.63, 3.8) is 0 Å². The first kappa shape index (κ1) is 8.23. The normalized spacial score (nSPS) is 15.2. The van der Waals surface area contributed by atoms with Crippen molar-refractivity contribution >= 4 is 11.1 Å². The Kier molecular flexibility index (Phi) is 1.78. The third kappa shape index (κ3) is 1.30. The van der Waals surface area contributed by atoms with Crippen LogP contribution in [-0.2, 0) is 0 Å². The molecule has 0 aromatic carbocycles. The van der Waals surface area contributed by atoms with E-state index in [1.807, 2.05) is 12.4 Å². The number of H-pyrrole nitrogens is 2. The van der Waals surface area contributed by atoms with Crippen molar-refractivity contribution in [2.75, 3.05) is 0 Å². The Hall–Kier alpha value is -2.10. The molecule has 1 aliphatic rings. The van der Waals surface area contributed by atoms with Crippen molar-refractivity contribution in [1.82, 2.24) is 19.9 Å². The predicted molar refractivity (Wildman–Crippen MR) is 57.7 cm³/mol. The molecule has 0 atom stereocenters. The van der Waals surface area contributed by atoms with E-state index < -0.39 is 0 Å². The molecule has 15 heavy (non-hydrogen) atoms. The quantitative estimate of drug-likeness (QED) is 0.775. The second-order valence-electron chi connectivity index (χ2n) is 3.43. The Morgan fingerprint density at radius 2 is 1.73 bits per heavy atom. The molecule has 2 aromatic heterocycles. The summed E-state index contributed by atoms with van der Waals surface area (Å²) in [4.78, 5) is 14.3. The van der Waals surface area contributed by atoms with E-state index in [1.54, 1.807) is 12.7 Å². The molecule has 4 nitrogen and oxygen atoms in total. The van der Waals surface area contributed by atoms with Crippen LogP contribution in [0.2, 0.25) is 0 Å². The Labute approximate surface area is 86.8 Å². The molecule has 3 rings (SSSR count). The third-order valence-corrected chi connectivity index (χ3v) is 2.54. The van der Waals surface area contributed by atoms with Crippen LogP contribution in [0.5, 0.6) is 0 Å². The number of allylic oxidation sites excluding steroid dienone is 4. The van der Waals surface area contributed by atoms with Crippen LogP contribution in [0, 0.1) is 0 Å². The molecule has 74 valence electrons. The molecule has 0 saturated carbocycles. The molecular formula is C11H10N4. The minimum absolute atomic E-state index is 0.941. The summed E-state index contributed by atoms with van der Waals surface area (Å²) in [5.41, 5.74) is 4.58. The van der Waals surface area contributed by atoms with Crippen LogP contribution >= 0.6 is 0 Å².